The zero-order valence-corrected chi connectivity index (χ0v) is 11.2. The van der Waals surface area contributed by atoms with Gasteiger partial charge in [-0.05, 0) is 30.4 Å². The van der Waals surface area contributed by atoms with Gasteiger partial charge in [-0.3, -0.25) is 0 Å². The van der Waals surface area contributed by atoms with E-state index in [4.69, 9.17) is 5.11 Å². The van der Waals surface area contributed by atoms with Crippen molar-refractivity contribution < 1.29 is 9.90 Å². The van der Waals surface area contributed by atoms with Crippen molar-refractivity contribution in [2.24, 2.45) is 0 Å². The van der Waals surface area contributed by atoms with Gasteiger partial charge in [0, 0.05) is 15.6 Å². The Balaban J connectivity index is 1.52. The molecule has 0 atom stereocenters. The van der Waals surface area contributed by atoms with Crippen molar-refractivity contribution in [3.8, 4) is 0 Å². The molecule has 3 rings (SSSR count). The van der Waals surface area contributed by atoms with Gasteiger partial charge < -0.3 is 15.7 Å². The van der Waals surface area contributed by atoms with Crippen LogP contribution in [0.4, 0.5) is 4.79 Å². The SMILES string of the molecule is O=C(NCc1cc2ccccc2s1)NC1CC(O)C1. The summed E-state index contributed by atoms with van der Waals surface area (Å²) in [5, 5.41) is 16.1. The highest BCUT2D eigenvalue weighted by Gasteiger charge is 2.28. The first-order chi connectivity index (χ1) is 9.20. The minimum absolute atomic E-state index is 0.123. The standard InChI is InChI=1S/C14H16N2O2S/c17-11-6-10(7-11)16-14(18)15-8-12-5-9-3-1-2-4-13(9)19-12/h1-5,10-11,17H,6-8H2,(H2,15,16,18). The monoisotopic (exact) mass is 276 g/mol. The van der Waals surface area contributed by atoms with E-state index in [-0.39, 0.29) is 18.2 Å². The van der Waals surface area contributed by atoms with Crippen molar-refractivity contribution in [2.75, 3.05) is 0 Å². The summed E-state index contributed by atoms with van der Waals surface area (Å²) in [7, 11) is 0. The lowest BCUT2D eigenvalue weighted by Crippen LogP contribution is -2.49. The lowest BCUT2D eigenvalue weighted by Gasteiger charge is -2.31. The van der Waals surface area contributed by atoms with Crippen LogP contribution in [0, 0.1) is 0 Å². The molecule has 2 aromatic rings. The third-order valence-corrected chi connectivity index (χ3v) is 4.46. The van der Waals surface area contributed by atoms with Crippen molar-refractivity contribution in [3.63, 3.8) is 0 Å². The summed E-state index contributed by atoms with van der Waals surface area (Å²) in [5.41, 5.74) is 0. The number of amides is 2. The highest BCUT2D eigenvalue weighted by molar-refractivity contribution is 7.19. The maximum atomic E-state index is 11.6. The van der Waals surface area contributed by atoms with Crippen molar-refractivity contribution in [2.45, 2.75) is 31.5 Å². The molecule has 0 bridgehead atoms. The smallest absolute Gasteiger partial charge is 0.315 e. The summed E-state index contributed by atoms with van der Waals surface area (Å²) in [6.45, 7) is 0.542. The number of aliphatic hydroxyl groups excluding tert-OH is 1. The Hall–Kier alpha value is -1.59. The van der Waals surface area contributed by atoms with E-state index in [1.807, 2.05) is 12.1 Å². The van der Waals surface area contributed by atoms with Gasteiger partial charge >= 0.3 is 6.03 Å². The molecular weight excluding hydrogens is 260 g/mol. The zero-order chi connectivity index (χ0) is 13.2. The highest BCUT2D eigenvalue weighted by atomic mass is 32.1. The molecule has 0 spiro atoms. The molecule has 1 aromatic heterocycles. The molecule has 19 heavy (non-hydrogen) atoms. The molecule has 4 nitrogen and oxygen atoms in total. The van der Waals surface area contributed by atoms with E-state index in [1.54, 1.807) is 11.3 Å². The average Bonchev–Trinajstić information content (AvgIpc) is 2.77. The Labute approximate surface area is 115 Å². The van der Waals surface area contributed by atoms with Gasteiger partial charge in [-0.15, -0.1) is 11.3 Å². The molecule has 0 radical (unpaired) electrons. The first kappa shape index (κ1) is 12.4. The summed E-state index contributed by atoms with van der Waals surface area (Å²) < 4.78 is 1.24. The van der Waals surface area contributed by atoms with Crippen LogP contribution in [0.5, 0.6) is 0 Å². The van der Waals surface area contributed by atoms with Crippen LogP contribution in [0.25, 0.3) is 10.1 Å². The minimum atomic E-state index is -0.243. The molecule has 1 aromatic carbocycles. The summed E-state index contributed by atoms with van der Waals surface area (Å²) >= 11 is 1.70. The van der Waals surface area contributed by atoms with E-state index in [1.165, 1.54) is 10.1 Å². The number of carbonyl (C=O) groups is 1. The topological polar surface area (TPSA) is 61.4 Å². The number of urea groups is 1. The third-order valence-electron chi connectivity index (χ3n) is 3.35. The second kappa shape index (κ2) is 5.19. The molecule has 0 saturated heterocycles. The second-order valence-electron chi connectivity index (χ2n) is 4.90. The molecular formula is C14H16N2O2S. The Morgan fingerprint density at radius 3 is 2.89 bits per heavy atom. The van der Waals surface area contributed by atoms with E-state index in [0.717, 1.165) is 4.88 Å². The summed E-state index contributed by atoms with van der Waals surface area (Å²) in [5.74, 6) is 0. The maximum Gasteiger partial charge on any atom is 0.315 e. The second-order valence-corrected chi connectivity index (χ2v) is 6.07. The fourth-order valence-electron chi connectivity index (χ4n) is 2.23. The van der Waals surface area contributed by atoms with Gasteiger partial charge in [-0.2, -0.15) is 0 Å². The van der Waals surface area contributed by atoms with Gasteiger partial charge in [0.2, 0.25) is 0 Å². The number of rotatable bonds is 3. The number of aliphatic hydroxyl groups is 1. The van der Waals surface area contributed by atoms with Gasteiger partial charge in [-0.1, -0.05) is 18.2 Å². The first-order valence-electron chi connectivity index (χ1n) is 6.40. The highest BCUT2D eigenvalue weighted by Crippen LogP contribution is 2.25. The molecule has 100 valence electrons. The predicted octanol–water partition coefficient (Wildman–Crippen LogP) is 2.22. The summed E-state index contributed by atoms with van der Waals surface area (Å²) in [4.78, 5) is 12.8. The fourth-order valence-corrected chi connectivity index (χ4v) is 3.24. The summed E-state index contributed by atoms with van der Waals surface area (Å²) in [6, 6.07) is 10.3. The largest absolute Gasteiger partial charge is 0.393 e. The van der Waals surface area contributed by atoms with Crippen LogP contribution >= 0.6 is 11.3 Å². The Morgan fingerprint density at radius 2 is 2.16 bits per heavy atom. The van der Waals surface area contributed by atoms with Gasteiger partial charge in [-0.25, -0.2) is 4.79 Å². The number of fused-ring (bicyclic) bond motifs is 1. The molecule has 5 heteroatoms. The number of benzene rings is 1. The Morgan fingerprint density at radius 1 is 1.37 bits per heavy atom. The number of hydrogen-bond donors (Lipinski definition) is 3. The van der Waals surface area contributed by atoms with E-state index >= 15 is 0 Å². The number of nitrogens with one attached hydrogen (secondary N) is 2. The fraction of sp³-hybridized carbons (Fsp3) is 0.357. The molecule has 1 saturated carbocycles. The van der Waals surface area contributed by atoms with E-state index < -0.39 is 0 Å². The predicted molar refractivity (Wildman–Crippen MR) is 76.2 cm³/mol. The van der Waals surface area contributed by atoms with Crippen LogP contribution in [-0.4, -0.2) is 23.3 Å². The lowest BCUT2D eigenvalue weighted by atomic mass is 9.90. The normalized spacial score (nSPS) is 21.9. The van der Waals surface area contributed by atoms with E-state index in [0.29, 0.717) is 19.4 Å². The van der Waals surface area contributed by atoms with Gasteiger partial charge in [0.05, 0.1) is 12.6 Å². The van der Waals surface area contributed by atoms with Gasteiger partial charge in [0.15, 0.2) is 0 Å². The molecule has 3 N–H and O–H groups in total. The van der Waals surface area contributed by atoms with Crippen LogP contribution in [0.15, 0.2) is 30.3 Å². The van der Waals surface area contributed by atoms with Crippen molar-refractivity contribution in [3.05, 3.63) is 35.2 Å². The van der Waals surface area contributed by atoms with Crippen molar-refractivity contribution >= 4 is 27.5 Å². The lowest BCUT2D eigenvalue weighted by molar-refractivity contribution is 0.0663. The van der Waals surface area contributed by atoms with E-state index in [2.05, 4.69) is 28.8 Å². The third kappa shape index (κ3) is 2.88. The number of thiophene rings is 1. The van der Waals surface area contributed by atoms with Crippen LogP contribution in [0.3, 0.4) is 0 Å². The molecule has 2 amide bonds. The number of hydrogen-bond acceptors (Lipinski definition) is 3. The molecule has 0 aliphatic heterocycles. The first-order valence-corrected chi connectivity index (χ1v) is 7.22. The molecule has 1 aliphatic carbocycles. The molecule has 1 fully saturated rings. The quantitative estimate of drug-likeness (QED) is 0.805. The molecule has 1 aliphatic rings. The van der Waals surface area contributed by atoms with E-state index in [9.17, 15) is 4.79 Å². The molecule has 1 heterocycles. The van der Waals surface area contributed by atoms with Crippen LogP contribution < -0.4 is 10.6 Å². The Bertz CT molecular complexity index is 557. The van der Waals surface area contributed by atoms with Crippen LogP contribution in [-0.2, 0) is 6.54 Å². The Kier molecular flexibility index (Phi) is 3.40. The molecule has 0 unspecified atom stereocenters. The minimum Gasteiger partial charge on any atom is -0.393 e. The zero-order valence-electron chi connectivity index (χ0n) is 10.4. The van der Waals surface area contributed by atoms with Crippen molar-refractivity contribution in [1.82, 2.24) is 10.6 Å². The number of carbonyl (C=O) groups excluding carboxylic acids is 1. The van der Waals surface area contributed by atoms with Crippen molar-refractivity contribution in [1.29, 1.82) is 0 Å². The van der Waals surface area contributed by atoms with Gasteiger partial charge in [0.1, 0.15) is 0 Å². The van der Waals surface area contributed by atoms with Crippen LogP contribution in [0.2, 0.25) is 0 Å². The average molecular weight is 276 g/mol. The van der Waals surface area contributed by atoms with Crippen LogP contribution in [0.1, 0.15) is 17.7 Å². The van der Waals surface area contributed by atoms with Gasteiger partial charge in [0.25, 0.3) is 0 Å². The maximum absolute atomic E-state index is 11.6. The summed E-state index contributed by atoms with van der Waals surface area (Å²) in [6.07, 6.45) is 1.08.